The number of rotatable bonds is 8. The highest BCUT2D eigenvalue weighted by Gasteiger charge is 2.32. The van der Waals surface area contributed by atoms with Gasteiger partial charge < -0.3 is 14.9 Å². The summed E-state index contributed by atoms with van der Waals surface area (Å²) in [7, 11) is 0. The highest BCUT2D eigenvalue weighted by Crippen LogP contribution is 2.27. The lowest BCUT2D eigenvalue weighted by molar-refractivity contribution is 0.0136. The second-order valence-corrected chi connectivity index (χ2v) is 7.65. The van der Waals surface area contributed by atoms with E-state index in [0.717, 1.165) is 44.4 Å². The van der Waals surface area contributed by atoms with Gasteiger partial charge in [-0.15, -0.1) is 0 Å². The Kier molecular flexibility index (Phi) is 7.74. The van der Waals surface area contributed by atoms with Crippen molar-refractivity contribution in [2.45, 2.75) is 57.2 Å². The molecule has 26 heavy (non-hydrogen) atoms. The first-order valence-corrected chi connectivity index (χ1v) is 10.2. The number of aliphatic hydroxyl groups excluding tert-OH is 2. The SMILES string of the molecule is OCCOc1cccc(CN2CCN(C3CCCCC3)[C@H](CCO)C2)c1. The van der Waals surface area contributed by atoms with Gasteiger partial charge in [0, 0.05) is 44.9 Å². The molecule has 2 N–H and O–H groups in total. The van der Waals surface area contributed by atoms with Gasteiger partial charge in [0.2, 0.25) is 0 Å². The van der Waals surface area contributed by atoms with Crippen LogP contribution in [-0.4, -0.2) is 71.6 Å². The molecule has 0 bridgehead atoms. The standard InChI is InChI=1S/C21H34N2O3/c24-12-9-20-17-22(10-11-23(20)19-6-2-1-3-7-19)16-18-5-4-8-21(15-18)26-14-13-25/h4-5,8,15,19-20,24-25H,1-3,6-7,9-14,16-17H2/t20-/m1/s1. The maximum absolute atomic E-state index is 9.55. The third kappa shape index (κ3) is 5.43. The molecule has 2 fully saturated rings. The van der Waals surface area contributed by atoms with Crippen molar-refractivity contribution in [1.29, 1.82) is 0 Å². The molecular weight excluding hydrogens is 328 g/mol. The Labute approximate surface area is 157 Å². The van der Waals surface area contributed by atoms with Gasteiger partial charge in [0.1, 0.15) is 12.4 Å². The van der Waals surface area contributed by atoms with Crippen molar-refractivity contribution in [3.63, 3.8) is 0 Å². The van der Waals surface area contributed by atoms with Crippen LogP contribution in [0, 0.1) is 0 Å². The van der Waals surface area contributed by atoms with Gasteiger partial charge in [-0.25, -0.2) is 0 Å². The fourth-order valence-corrected chi connectivity index (χ4v) is 4.53. The molecule has 5 heteroatoms. The van der Waals surface area contributed by atoms with Crippen molar-refractivity contribution >= 4 is 0 Å². The predicted octanol–water partition coefficient (Wildman–Crippen LogP) is 2.26. The van der Waals surface area contributed by atoms with E-state index in [1.807, 2.05) is 12.1 Å². The van der Waals surface area contributed by atoms with Gasteiger partial charge in [0.05, 0.1) is 6.61 Å². The van der Waals surface area contributed by atoms with E-state index in [0.29, 0.717) is 12.6 Å². The third-order valence-electron chi connectivity index (χ3n) is 5.78. The van der Waals surface area contributed by atoms with E-state index in [1.54, 1.807) is 0 Å². The van der Waals surface area contributed by atoms with Crippen LogP contribution in [0.5, 0.6) is 5.75 Å². The van der Waals surface area contributed by atoms with E-state index in [2.05, 4.69) is 21.9 Å². The molecule has 3 rings (SSSR count). The Morgan fingerprint density at radius 3 is 2.65 bits per heavy atom. The minimum atomic E-state index is 0.0379. The summed E-state index contributed by atoms with van der Waals surface area (Å²) < 4.78 is 5.53. The molecule has 1 aliphatic heterocycles. The summed E-state index contributed by atoms with van der Waals surface area (Å²) in [6, 6.07) is 9.36. The summed E-state index contributed by atoms with van der Waals surface area (Å²) in [5.41, 5.74) is 1.24. The lowest BCUT2D eigenvalue weighted by Crippen LogP contribution is -2.56. The summed E-state index contributed by atoms with van der Waals surface area (Å²) >= 11 is 0. The first-order valence-electron chi connectivity index (χ1n) is 10.2. The topological polar surface area (TPSA) is 56.2 Å². The van der Waals surface area contributed by atoms with Crippen molar-refractivity contribution in [2.75, 3.05) is 39.5 Å². The van der Waals surface area contributed by atoms with Crippen molar-refractivity contribution in [3.05, 3.63) is 29.8 Å². The van der Waals surface area contributed by atoms with Crippen molar-refractivity contribution in [1.82, 2.24) is 9.80 Å². The number of hydrogen-bond acceptors (Lipinski definition) is 5. The van der Waals surface area contributed by atoms with Crippen LogP contribution in [0.3, 0.4) is 0 Å². The molecule has 5 nitrogen and oxygen atoms in total. The maximum atomic E-state index is 9.55. The molecule has 0 aromatic heterocycles. The van der Waals surface area contributed by atoms with Crippen molar-refractivity contribution in [3.8, 4) is 5.75 Å². The van der Waals surface area contributed by atoms with E-state index in [4.69, 9.17) is 9.84 Å². The van der Waals surface area contributed by atoms with Gasteiger partial charge in [0.15, 0.2) is 0 Å². The highest BCUT2D eigenvalue weighted by atomic mass is 16.5. The predicted molar refractivity (Wildman–Crippen MR) is 103 cm³/mol. The summed E-state index contributed by atoms with van der Waals surface area (Å²) in [6.07, 6.45) is 7.62. The molecule has 1 aromatic rings. The smallest absolute Gasteiger partial charge is 0.119 e. The van der Waals surface area contributed by atoms with Gasteiger partial charge >= 0.3 is 0 Å². The number of piperazine rings is 1. The average molecular weight is 363 g/mol. The Bertz CT molecular complexity index is 534. The Hall–Kier alpha value is -1.14. The molecule has 0 amide bonds. The minimum absolute atomic E-state index is 0.0379. The fourth-order valence-electron chi connectivity index (χ4n) is 4.53. The first kappa shape index (κ1) is 19.6. The van der Waals surface area contributed by atoms with Crippen molar-refractivity contribution < 1.29 is 14.9 Å². The van der Waals surface area contributed by atoms with E-state index in [1.165, 1.54) is 37.7 Å². The van der Waals surface area contributed by atoms with Crippen LogP contribution in [0.25, 0.3) is 0 Å². The van der Waals surface area contributed by atoms with Crippen LogP contribution in [-0.2, 0) is 6.54 Å². The Balaban J connectivity index is 1.58. The summed E-state index contributed by atoms with van der Waals surface area (Å²) in [6.45, 7) is 4.77. The van der Waals surface area contributed by atoms with Gasteiger partial charge in [-0.2, -0.15) is 0 Å². The molecule has 1 aromatic carbocycles. The molecule has 1 saturated carbocycles. The Morgan fingerprint density at radius 2 is 1.88 bits per heavy atom. The minimum Gasteiger partial charge on any atom is -0.491 e. The molecule has 2 aliphatic rings. The lowest BCUT2D eigenvalue weighted by Gasteiger charge is -2.46. The largest absolute Gasteiger partial charge is 0.491 e. The van der Waals surface area contributed by atoms with Crippen LogP contribution in [0.4, 0.5) is 0 Å². The molecule has 1 aliphatic carbocycles. The second-order valence-electron chi connectivity index (χ2n) is 7.65. The Morgan fingerprint density at radius 1 is 1.04 bits per heavy atom. The molecule has 0 radical (unpaired) electrons. The number of benzene rings is 1. The molecule has 146 valence electrons. The average Bonchev–Trinajstić information content (AvgIpc) is 2.68. The quantitative estimate of drug-likeness (QED) is 0.743. The first-order chi connectivity index (χ1) is 12.8. The molecule has 1 atom stereocenters. The van der Waals surface area contributed by atoms with E-state index >= 15 is 0 Å². The van der Waals surface area contributed by atoms with Gasteiger partial charge in [-0.3, -0.25) is 9.80 Å². The number of nitrogens with zero attached hydrogens (tertiary/aromatic N) is 2. The molecular formula is C21H34N2O3. The van der Waals surface area contributed by atoms with Crippen molar-refractivity contribution in [2.24, 2.45) is 0 Å². The van der Waals surface area contributed by atoms with E-state index in [9.17, 15) is 5.11 Å². The molecule has 1 saturated heterocycles. The normalized spacial score (nSPS) is 23.2. The number of hydrogen-bond donors (Lipinski definition) is 2. The summed E-state index contributed by atoms with van der Waals surface area (Å²) in [4.78, 5) is 5.19. The third-order valence-corrected chi connectivity index (χ3v) is 5.78. The van der Waals surface area contributed by atoms with Crippen LogP contribution >= 0.6 is 0 Å². The zero-order valence-electron chi connectivity index (χ0n) is 15.9. The zero-order valence-corrected chi connectivity index (χ0v) is 15.9. The van der Waals surface area contributed by atoms with Crippen LogP contribution in [0.15, 0.2) is 24.3 Å². The lowest BCUT2D eigenvalue weighted by atomic mass is 9.91. The summed E-state index contributed by atoms with van der Waals surface area (Å²) in [5.74, 6) is 0.823. The number of ether oxygens (including phenoxy) is 1. The summed E-state index contributed by atoms with van der Waals surface area (Å²) in [5, 5.41) is 18.5. The molecule has 0 unspecified atom stereocenters. The fraction of sp³-hybridized carbons (Fsp3) is 0.714. The zero-order chi connectivity index (χ0) is 18.2. The van der Waals surface area contributed by atoms with Crippen LogP contribution < -0.4 is 4.74 Å². The highest BCUT2D eigenvalue weighted by molar-refractivity contribution is 5.28. The number of aliphatic hydroxyl groups is 2. The van der Waals surface area contributed by atoms with E-state index < -0.39 is 0 Å². The van der Waals surface area contributed by atoms with Gasteiger partial charge in [-0.1, -0.05) is 31.4 Å². The van der Waals surface area contributed by atoms with E-state index in [-0.39, 0.29) is 13.2 Å². The van der Waals surface area contributed by atoms with Gasteiger partial charge in [-0.05, 0) is 37.0 Å². The van der Waals surface area contributed by atoms with Crippen LogP contribution in [0.2, 0.25) is 0 Å². The van der Waals surface area contributed by atoms with Gasteiger partial charge in [0.25, 0.3) is 0 Å². The maximum Gasteiger partial charge on any atom is 0.119 e. The molecule has 0 spiro atoms. The second kappa shape index (κ2) is 10.3. The monoisotopic (exact) mass is 362 g/mol. The van der Waals surface area contributed by atoms with Crippen LogP contribution in [0.1, 0.15) is 44.1 Å². The molecule has 1 heterocycles.